The molecule has 0 heterocycles. The number of rotatable bonds is 11. The summed E-state index contributed by atoms with van der Waals surface area (Å²) < 4.78 is 28.7. The third-order valence-electron chi connectivity index (χ3n) is 7.39. The van der Waals surface area contributed by atoms with Gasteiger partial charge in [0.2, 0.25) is 11.8 Å². The summed E-state index contributed by atoms with van der Waals surface area (Å²) in [4.78, 5) is 28.8. The number of nitrogens with one attached hydrogen (secondary N) is 1. The lowest BCUT2D eigenvalue weighted by molar-refractivity contribution is -0.139. The second kappa shape index (κ2) is 14.2. The molecule has 0 radical (unpaired) electrons. The van der Waals surface area contributed by atoms with Crippen LogP contribution in [0.1, 0.15) is 44.6 Å². The van der Waals surface area contributed by atoms with E-state index in [1.54, 1.807) is 31.2 Å². The Hall–Kier alpha value is -3.07. The highest BCUT2D eigenvalue weighted by atomic mass is 35.5. The molecule has 218 valence electrons. The summed E-state index contributed by atoms with van der Waals surface area (Å²) in [6.45, 7) is 1.35. The molecule has 1 N–H and O–H groups in total. The van der Waals surface area contributed by atoms with Crippen LogP contribution in [-0.2, 0) is 26.0 Å². The first-order valence-corrected chi connectivity index (χ1v) is 16.0. The van der Waals surface area contributed by atoms with Gasteiger partial charge in [-0.1, -0.05) is 91.0 Å². The van der Waals surface area contributed by atoms with E-state index in [-0.39, 0.29) is 39.1 Å². The van der Waals surface area contributed by atoms with Crippen molar-refractivity contribution in [2.24, 2.45) is 0 Å². The number of carbonyl (C=O) groups is 2. The Morgan fingerprint density at radius 3 is 2.22 bits per heavy atom. The molecule has 3 aromatic rings. The second-order valence-corrected chi connectivity index (χ2v) is 13.0. The average molecular weight is 617 g/mol. The fraction of sp³-hybridized carbons (Fsp3) is 0.355. The van der Waals surface area contributed by atoms with Crippen LogP contribution < -0.4 is 9.62 Å². The van der Waals surface area contributed by atoms with Crippen molar-refractivity contribution < 1.29 is 18.0 Å². The van der Waals surface area contributed by atoms with Crippen molar-refractivity contribution in [3.8, 4) is 0 Å². The van der Waals surface area contributed by atoms with Crippen molar-refractivity contribution in [1.29, 1.82) is 0 Å². The van der Waals surface area contributed by atoms with E-state index in [9.17, 15) is 18.0 Å². The van der Waals surface area contributed by atoms with Crippen LogP contribution in [0.4, 0.5) is 5.69 Å². The number of amides is 2. The Labute approximate surface area is 252 Å². The molecular weight excluding hydrogens is 581 g/mol. The van der Waals surface area contributed by atoms with Gasteiger partial charge in [0.15, 0.2) is 0 Å². The number of benzene rings is 3. The molecule has 0 saturated heterocycles. The van der Waals surface area contributed by atoms with Crippen molar-refractivity contribution >= 4 is 50.7 Å². The maximum atomic E-state index is 14.0. The van der Waals surface area contributed by atoms with Crippen LogP contribution in [0.2, 0.25) is 10.0 Å². The molecule has 2 amide bonds. The van der Waals surface area contributed by atoms with E-state index in [1.165, 1.54) is 29.2 Å². The van der Waals surface area contributed by atoms with E-state index < -0.39 is 28.5 Å². The van der Waals surface area contributed by atoms with Crippen LogP contribution >= 0.6 is 23.2 Å². The van der Waals surface area contributed by atoms with Crippen molar-refractivity contribution in [3.63, 3.8) is 0 Å². The zero-order valence-electron chi connectivity index (χ0n) is 23.0. The molecule has 0 spiro atoms. The highest BCUT2D eigenvalue weighted by Gasteiger charge is 2.33. The summed E-state index contributed by atoms with van der Waals surface area (Å²) in [5, 5.41) is 3.50. The van der Waals surface area contributed by atoms with Gasteiger partial charge in [-0.2, -0.15) is 0 Å². The van der Waals surface area contributed by atoms with Crippen LogP contribution in [0.25, 0.3) is 0 Å². The number of anilines is 1. The number of nitrogens with zero attached hydrogens (tertiary/aromatic N) is 2. The van der Waals surface area contributed by atoms with Crippen LogP contribution in [0, 0.1) is 0 Å². The van der Waals surface area contributed by atoms with E-state index in [4.69, 9.17) is 23.2 Å². The van der Waals surface area contributed by atoms with Crippen molar-refractivity contribution in [1.82, 2.24) is 10.2 Å². The maximum Gasteiger partial charge on any atom is 0.264 e. The third kappa shape index (κ3) is 8.03. The standard InChI is InChI=1S/C31H35Cl2N3O4S/c1-23(31(38)34-26-13-7-3-8-14-26)35(20-19-24-11-5-2-6-12-24)30(37)22-36(29-21-25(32)17-18-28(29)33)41(39,40)27-15-9-4-10-16-27/h2,4-6,9-12,15-18,21,23,26H,3,7-8,13-14,19-20,22H2,1H3,(H,34,38)/t23-/m0/s1. The molecule has 0 aliphatic heterocycles. The second-order valence-electron chi connectivity index (χ2n) is 10.3. The van der Waals surface area contributed by atoms with Crippen LogP contribution in [0.5, 0.6) is 0 Å². The lowest BCUT2D eigenvalue weighted by Gasteiger charge is -2.33. The van der Waals surface area contributed by atoms with E-state index in [0.29, 0.717) is 6.42 Å². The molecule has 4 rings (SSSR count). The molecule has 0 unspecified atom stereocenters. The van der Waals surface area contributed by atoms with E-state index in [2.05, 4.69) is 5.32 Å². The van der Waals surface area contributed by atoms with Crippen molar-refractivity contribution in [2.75, 3.05) is 17.4 Å². The highest BCUT2D eigenvalue weighted by molar-refractivity contribution is 7.92. The van der Waals surface area contributed by atoms with Gasteiger partial charge < -0.3 is 10.2 Å². The highest BCUT2D eigenvalue weighted by Crippen LogP contribution is 2.33. The van der Waals surface area contributed by atoms with E-state index >= 15 is 0 Å². The van der Waals surface area contributed by atoms with Gasteiger partial charge in [0.1, 0.15) is 12.6 Å². The molecule has 1 atom stereocenters. The fourth-order valence-electron chi connectivity index (χ4n) is 5.05. The summed E-state index contributed by atoms with van der Waals surface area (Å²) in [5.41, 5.74) is 1.08. The molecule has 10 heteroatoms. The Bertz CT molecular complexity index is 1430. The van der Waals surface area contributed by atoms with Crippen molar-refractivity contribution in [3.05, 3.63) is 94.5 Å². The molecule has 0 bridgehead atoms. The van der Waals surface area contributed by atoms with Crippen LogP contribution in [0.15, 0.2) is 83.8 Å². The molecule has 41 heavy (non-hydrogen) atoms. The monoisotopic (exact) mass is 615 g/mol. The summed E-state index contributed by atoms with van der Waals surface area (Å²) in [5.74, 6) is -0.778. The Balaban J connectivity index is 1.65. The minimum absolute atomic E-state index is 0.00256. The predicted octanol–water partition coefficient (Wildman–Crippen LogP) is 6.10. The third-order valence-corrected chi connectivity index (χ3v) is 9.72. The van der Waals surface area contributed by atoms with Gasteiger partial charge in [0.05, 0.1) is 15.6 Å². The smallest absolute Gasteiger partial charge is 0.264 e. The zero-order chi connectivity index (χ0) is 29.4. The largest absolute Gasteiger partial charge is 0.352 e. The molecule has 1 aliphatic rings. The first-order chi connectivity index (χ1) is 19.7. The Morgan fingerprint density at radius 2 is 1.56 bits per heavy atom. The number of halogens is 2. The zero-order valence-corrected chi connectivity index (χ0v) is 25.3. The van der Waals surface area contributed by atoms with E-state index in [0.717, 1.165) is 42.0 Å². The molecule has 0 aromatic heterocycles. The number of hydrogen-bond acceptors (Lipinski definition) is 4. The number of hydrogen-bond donors (Lipinski definition) is 1. The first-order valence-electron chi connectivity index (χ1n) is 13.8. The van der Waals surface area contributed by atoms with Gasteiger partial charge in [0, 0.05) is 17.6 Å². The van der Waals surface area contributed by atoms with Crippen molar-refractivity contribution in [2.45, 2.75) is 62.4 Å². The molecule has 7 nitrogen and oxygen atoms in total. The Kier molecular flexibility index (Phi) is 10.7. The van der Waals surface area contributed by atoms with Crippen LogP contribution in [-0.4, -0.2) is 50.3 Å². The summed E-state index contributed by atoms with van der Waals surface area (Å²) in [7, 11) is -4.22. The number of sulfonamides is 1. The van der Waals surface area contributed by atoms with Gasteiger partial charge in [0.25, 0.3) is 10.0 Å². The van der Waals surface area contributed by atoms with Crippen LogP contribution in [0.3, 0.4) is 0 Å². The maximum absolute atomic E-state index is 14.0. The van der Waals surface area contributed by atoms with Gasteiger partial charge in [-0.15, -0.1) is 0 Å². The molecule has 1 aliphatic carbocycles. The Morgan fingerprint density at radius 1 is 0.927 bits per heavy atom. The van der Waals surface area contributed by atoms with Gasteiger partial charge in [-0.3, -0.25) is 13.9 Å². The van der Waals surface area contributed by atoms with Gasteiger partial charge in [-0.25, -0.2) is 8.42 Å². The average Bonchev–Trinajstić information content (AvgIpc) is 2.98. The molecule has 3 aromatic carbocycles. The summed E-state index contributed by atoms with van der Waals surface area (Å²) in [6.07, 6.45) is 5.59. The van der Waals surface area contributed by atoms with Gasteiger partial charge in [-0.05, 0) is 62.1 Å². The first kappa shape index (κ1) is 30.9. The minimum Gasteiger partial charge on any atom is -0.352 e. The quantitative estimate of drug-likeness (QED) is 0.282. The topological polar surface area (TPSA) is 86.8 Å². The lowest BCUT2D eigenvalue weighted by Crippen LogP contribution is -2.53. The molecular formula is C31H35Cl2N3O4S. The van der Waals surface area contributed by atoms with Gasteiger partial charge >= 0.3 is 0 Å². The predicted molar refractivity (Wildman–Crippen MR) is 164 cm³/mol. The fourth-order valence-corrected chi connectivity index (χ4v) is 6.93. The van der Waals surface area contributed by atoms with E-state index in [1.807, 2.05) is 30.3 Å². The summed E-state index contributed by atoms with van der Waals surface area (Å²) in [6, 6.07) is 21.2. The SMILES string of the molecule is C[C@@H](C(=O)NC1CCCCC1)N(CCc1ccccc1)C(=O)CN(c1cc(Cl)ccc1Cl)S(=O)(=O)c1ccccc1. The molecule has 1 fully saturated rings. The summed E-state index contributed by atoms with van der Waals surface area (Å²) >= 11 is 12.7. The lowest BCUT2D eigenvalue weighted by atomic mass is 9.95. The molecule has 1 saturated carbocycles. The normalized spacial score (nSPS) is 14.7. The minimum atomic E-state index is -4.22. The number of carbonyl (C=O) groups excluding carboxylic acids is 2.